The zero-order chi connectivity index (χ0) is 23.5. The van der Waals surface area contributed by atoms with Crippen LogP contribution in [0, 0.1) is 6.92 Å². The summed E-state index contributed by atoms with van der Waals surface area (Å²) in [6.07, 6.45) is 0. The van der Waals surface area contributed by atoms with E-state index in [0.29, 0.717) is 22.5 Å². The first-order chi connectivity index (χ1) is 16.6. The predicted molar refractivity (Wildman–Crippen MR) is 134 cm³/mol. The largest absolute Gasteiger partial charge is 0.485 e. The van der Waals surface area contributed by atoms with Crippen LogP contribution >= 0.6 is 0 Å². The quantitative estimate of drug-likeness (QED) is 0.215. The van der Waals surface area contributed by atoms with Gasteiger partial charge in [0.25, 0.3) is 0 Å². The van der Waals surface area contributed by atoms with Crippen molar-refractivity contribution in [3.05, 3.63) is 125 Å². The van der Waals surface area contributed by atoms with E-state index in [2.05, 4.69) is 0 Å². The normalized spacial score (nSPS) is 10.9. The number of Topliss-reactive ketones (excluding diaryl/α,β-unsaturated/α-hetero) is 1. The highest BCUT2D eigenvalue weighted by molar-refractivity contribution is 5.98. The Morgan fingerprint density at radius 3 is 2.06 bits per heavy atom. The summed E-state index contributed by atoms with van der Waals surface area (Å²) < 4.78 is 11.4. The van der Waals surface area contributed by atoms with Crippen molar-refractivity contribution in [1.82, 2.24) is 0 Å². The Morgan fingerprint density at radius 2 is 1.38 bits per heavy atom. The molecule has 0 aliphatic rings. The monoisotopic (exact) mass is 446 g/mol. The molecule has 4 nitrogen and oxygen atoms in total. The number of aryl methyl sites for hydroxylation is 1. The first kappa shape index (κ1) is 21.4. The number of hydrogen-bond acceptors (Lipinski definition) is 4. The second kappa shape index (κ2) is 9.20. The number of hydrogen-bond donors (Lipinski definition) is 0. The Labute approximate surface area is 197 Å². The van der Waals surface area contributed by atoms with Gasteiger partial charge >= 0.3 is 5.63 Å². The lowest BCUT2D eigenvalue weighted by molar-refractivity contribution is 0.0921. The molecular weight excluding hydrogens is 424 g/mol. The fourth-order valence-electron chi connectivity index (χ4n) is 4.06. The summed E-state index contributed by atoms with van der Waals surface area (Å²) in [6, 6.07) is 32.4. The second-order valence-electron chi connectivity index (χ2n) is 8.07. The highest BCUT2D eigenvalue weighted by Gasteiger charge is 2.15. The van der Waals surface area contributed by atoms with Gasteiger partial charge < -0.3 is 9.15 Å². The number of fused-ring (bicyclic) bond motifs is 1. The van der Waals surface area contributed by atoms with E-state index < -0.39 is 5.63 Å². The molecule has 4 heteroatoms. The van der Waals surface area contributed by atoms with E-state index in [-0.39, 0.29) is 12.4 Å². The smallest absolute Gasteiger partial charge is 0.336 e. The van der Waals surface area contributed by atoms with E-state index in [9.17, 15) is 9.59 Å². The first-order valence-electron chi connectivity index (χ1n) is 11.0. The van der Waals surface area contributed by atoms with E-state index in [0.717, 1.165) is 27.6 Å². The van der Waals surface area contributed by atoms with Gasteiger partial charge in [0.15, 0.2) is 12.4 Å². The second-order valence-corrected chi connectivity index (χ2v) is 8.07. The molecule has 5 aromatic rings. The van der Waals surface area contributed by atoms with Crippen LogP contribution in [0.5, 0.6) is 5.75 Å². The Balaban J connectivity index is 1.38. The number of carbonyl (C=O) groups is 1. The molecule has 34 heavy (non-hydrogen) atoms. The summed E-state index contributed by atoms with van der Waals surface area (Å²) in [5.74, 6) is 0.383. The maximum Gasteiger partial charge on any atom is 0.336 e. The summed E-state index contributed by atoms with van der Waals surface area (Å²) in [5, 5.41) is 0.818. The van der Waals surface area contributed by atoms with Crippen molar-refractivity contribution in [2.75, 3.05) is 6.61 Å². The maximum absolute atomic E-state index is 12.7. The van der Waals surface area contributed by atoms with Crippen molar-refractivity contribution in [2.45, 2.75) is 6.92 Å². The third-order valence-electron chi connectivity index (χ3n) is 5.87. The highest BCUT2D eigenvalue weighted by Crippen LogP contribution is 2.33. The molecule has 0 bridgehead atoms. The molecule has 1 heterocycles. The first-order valence-corrected chi connectivity index (χ1v) is 11.0. The summed E-state index contributed by atoms with van der Waals surface area (Å²) in [6.45, 7) is 1.72. The zero-order valence-corrected chi connectivity index (χ0v) is 18.7. The lowest BCUT2D eigenvalue weighted by atomic mass is 10.00. The Hall–Kier alpha value is -4.44. The topological polar surface area (TPSA) is 56.5 Å². The number of benzene rings is 4. The van der Waals surface area contributed by atoms with Crippen molar-refractivity contribution in [2.24, 2.45) is 0 Å². The summed E-state index contributed by atoms with van der Waals surface area (Å²) >= 11 is 0. The predicted octanol–water partition coefficient (Wildman–Crippen LogP) is 6.70. The molecule has 0 fully saturated rings. The lowest BCUT2D eigenvalue weighted by Gasteiger charge is -2.12. The van der Waals surface area contributed by atoms with Crippen molar-refractivity contribution >= 4 is 16.8 Å². The zero-order valence-electron chi connectivity index (χ0n) is 18.7. The molecule has 1 aromatic heterocycles. The van der Waals surface area contributed by atoms with Crippen LogP contribution < -0.4 is 10.4 Å². The Bertz CT molecular complexity index is 1520. The molecule has 0 amide bonds. The minimum absolute atomic E-state index is 0.111. The van der Waals surface area contributed by atoms with Crippen molar-refractivity contribution in [3.8, 4) is 28.0 Å². The molecule has 166 valence electrons. The highest BCUT2D eigenvalue weighted by atomic mass is 16.5. The molecule has 0 aliphatic carbocycles. The fourth-order valence-corrected chi connectivity index (χ4v) is 4.06. The molecule has 0 unspecified atom stereocenters. The van der Waals surface area contributed by atoms with Crippen LogP contribution in [-0.4, -0.2) is 12.4 Å². The van der Waals surface area contributed by atoms with Gasteiger partial charge in [0.05, 0.1) is 0 Å². The van der Waals surface area contributed by atoms with Gasteiger partial charge in [0.1, 0.15) is 11.3 Å². The van der Waals surface area contributed by atoms with E-state index in [1.165, 1.54) is 6.07 Å². The summed E-state index contributed by atoms with van der Waals surface area (Å²) in [4.78, 5) is 25.0. The van der Waals surface area contributed by atoms with Crippen LogP contribution in [0.3, 0.4) is 0 Å². The van der Waals surface area contributed by atoms with E-state index in [1.807, 2.05) is 104 Å². The third kappa shape index (κ3) is 4.26. The van der Waals surface area contributed by atoms with Gasteiger partial charge in [-0.15, -0.1) is 0 Å². The van der Waals surface area contributed by atoms with Crippen molar-refractivity contribution < 1.29 is 13.9 Å². The molecule has 0 radical (unpaired) electrons. The molecule has 0 atom stereocenters. The molecule has 0 saturated heterocycles. The number of ketones is 1. The minimum atomic E-state index is -0.429. The van der Waals surface area contributed by atoms with Crippen LogP contribution in [-0.2, 0) is 0 Å². The lowest BCUT2D eigenvalue weighted by Crippen LogP contribution is -2.12. The van der Waals surface area contributed by atoms with Gasteiger partial charge in [0.2, 0.25) is 0 Å². The average molecular weight is 447 g/mol. The number of carbonyl (C=O) groups excluding carboxylic acids is 1. The summed E-state index contributed by atoms with van der Waals surface area (Å²) in [7, 11) is 0. The minimum Gasteiger partial charge on any atom is -0.485 e. The van der Waals surface area contributed by atoms with Gasteiger partial charge in [-0.25, -0.2) is 4.79 Å². The maximum atomic E-state index is 12.7. The molecule has 0 aliphatic heterocycles. The SMILES string of the molecule is Cc1c(OCC(=O)c2ccc(-c3ccccc3)cc2)ccc2c(-c3ccccc3)cc(=O)oc12. The van der Waals surface area contributed by atoms with Crippen LogP contribution in [0.15, 0.2) is 112 Å². The van der Waals surface area contributed by atoms with E-state index in [1.54, 1.807) is 0 Å². The number of rotatable bonds is 6. The van der Waals surface area contributed by atoms with Crippen LogP contribution in [0.2, 0.25) is 0 Å². The average Bonchev–Trinajstić information content (AvgIpc) is 2.89. The number of ether oxygens (including phenoxy) is 1. The molecule has 4 aromatic carbocycles. The van der Waals surface area contributed by atoms with Gasteiger partial charge in [-0.1, -0.05) is 84.9 Å². The third-order valence-corrected chi connectivity index (χ3v) is 5.87. The molecule has 5 rings (SSSR count). The van der Waals surface area contributed by atoms with Crippen LogP contribution in [0.25, 0.3) is 33.2 Å². The molecule has 0 N–H and O–H groups in total. The van der Waals surface area contributed by atoms with E-state index in [4.69, 9.17) is 9.15 Å². The standard InChI is InChI=1S/C30H22O4/c1-20-28(17-16-25-26(18-29(32)34-30(20)25)23-10-6-3-7-11-23)33-19-27(31)24-14-12-22(13-15-24)21-8-4-2-5-9-21/h2-18H,19H2,1H3. The molecule has 0 spiro atoms. The van der Waals surface area contributed by atoms with Gasteiger partial charge in [-0.05, 0) is 41.3 Å². The Kier molecular flexibility index (Phi) is 5.79. The fraction of sp³-hybridized carbons (Fsp3) is 0.0667. The Morgan fingerprint density at radius 1 is 0.765 bits per heavy atom. The van der Waals surface area contributed by atoms with Crippen LogP contribution in [0.4, 0.5) is 0 Å². The summed E-state index contributed by atoms with van der Waals surface area (Å²) in [5.41, 5.74) is 5.17. The van der Waals surface area contributed by atoms with Gasteiger partial charge in [-0.3, -0.25) is 4.79 Å². The van der Waals surface area contributed by atoms with Crippen molar-refractivity contribution in [1.29, 1.82) is 0 Å². The van der Waals surface area contributed by atoms with Crippen molar-refractivity contribution in [3.63, 3.8) is 0 Å². The van der Waals surface area contributed by atoms with E-state index >= 15 is 0 Å². The van der Waals surface area contributed by atoms with Crippen LogP contribution in [0.1, 0.15) is 15.9 Å². The molecular formula is C30H22O4. The molecule has 0 saturated carbocycles. The van der Waals surface area contributed by atoms with Gasteiger partial charge in [0, 0.05) is 22.6 Å². The van der Waals surface area contributed by atoms with Gasteiger partial charge in [-0.2, -0.15) is 0 Å².